The molecule has 1 aromatic carbocycles. The van der Waals surface area contributed by atoms with Gasteiger partial charge in [-0.2, -0.15) is 0 Å². The highest BCUT2D eigenvalue weighted by Crippen LogP contribution is 2.58. The molecule has 5 saturated carbocycles. The molecule has 2 heterocycles. The first kappa shape index (κ1) is 31.8. The van der Waals surface area contributed by atoms with E-state index in [0.717, 1.165) is 36.8 Å². The largest absolute Gasteiger partial charge is 0.403 e. The molecule has 1 aromatic heterocycles. The number of nitrogens with two attached hydrogens (primary N) is 1. The minimum Gasteiger partial charge on any atom is -0.403 e. The molecule has 0 atom stereocenters. The summed E-state index contributed by atoms with van der Waals surface area (Å²) in [4.78, 5) is 12.7. The third-order valence-corrected chi connectivity index (χ3v) is 11.8. The summed E-state index contributed by atoms with van der Waals surface area (Å²) in [7, 11) is 0. The summed E-state index contributed by atoms with van der Waals surface area (Å²) in [6.07, 6.45) is 23.7. The molecule has 45 heavy (non-hydrogen) atoms. The predicted molar refractivity (Wildman–Crippen MR) is 191 cm³/mol. The van der Waals surface area contributed by atoms with Crippen molar-refractivity contribution in [2.75, 3.05) is 11.4 Å². The molecular formula is C41H56N4. The first-order valence-corrected chi connectivity index (χ1v) is 17.9. The minimum absolute atomic E-state index is 0.360. The second kappa shape index (κ2) is 13.3. The van der Waals surface area contributed by atoms with E-state index < -0.39 is 0 Å². The summed E-state index contributed by atoms with van der Waals surface area (Å²) in [5, 5.41) is 0. The molecule has 0 spiro atoms. The third-order valence-electron chi connectivity index (χ3n) is 11.8. The van der Waals surface area contributed by atoms with E-state index in [9.17, 15) is 0 Å². The zero-order valence-electron chi connectivity index (χ0n) is 28.3. The number of pyridine rings is 1. The van der Waals surface area contributed by atoms with E-state index in [0.29, 0.717) is 22.4 Å². The molecule has 2 aromatic rings. The van der Waals surface area contributed by atoms with Crippen molar-refractivity contribution < 1.29 is 0 Å². The van der Waals surface area contributed by atoms with Crippen molar-refractivity contribution in [1.29, 1.82) is 0 Å². The molecule has 6 aliphatic rings. The van der Waals surface area contributed by atoms with Gasteiger partial charge in [0.15, 0.2) is 0 Å². The van der Waals surface area contributed by atoms with E-state index in [4.69, 9.17) is 22.3 Å². The zero-order valence-corrected chi connectivity index (χ0v) is 28.3. The lowest BCUT2D eigenvalue weighted by Crippen LogP contribution is -2.49. The van der Waals surface area contributed by atoms with Gasteiger partial charge in [-0.25, -0.2) is 4.98 Å². The Bertz CT molecular complexity index is 1440. The van der Waals surface area contributed by atoms with Gasteiger partial charge in [0.25, 0.3) is 0 Å². The Kier molecular flexibility index (Phi) is 9.41. The Labute approximate surface area is 273 Å². The van der Waals surface area contributed by atoms with Gasteiger partial charge in [0.1, 0.15) is 5.82 Å². The number of aliphatic imine (C=N–C) groups is 1. The molecule has 1 aliphatic heterocycles. The molecule has 4 heteroatoms. The lowest BCUT2D eigenvalue weighted by Gasteiger charge is -2.55. The van der Waals surface area contributed by atoms with E-state index in [1.165, 1.54) is 112 Å². The minimum atomic E-state index is 0.360. The molecule has 240 valence electrons. The van der Waals surface area contributed by atoms with Gasteiger partial charge in [0.2, 0.25) is 0 Å². The molecule has 0 radical (unpaired) electrons. The molecule has 5 fully saturated rings. The lowest BCUT2D eigenvalue weighted by molar-refractivity contribution is 0.0459. The summed E-state index contributed by atoms with van der Waals surface area (Å²) in [5.74, 6) is 2.42. The average Bonchev–Trinajstić information content (AvgIpc) is 3.80. The van der Waals surface area contributed by atoms with Crippen molar-refractivity contribution in [2.24, 2.45) is 28.0 Å². The van der Waals surface area contributed by atoms with Gasteiger partial charge in [-0.15, -0.1) is 0 Å². The highest BCUT2D eigenvalue weighted by molar-refractivity contribution is 5.98. The number of aryl methyl sites for hydroxylation is 2. The number of fused-ring (bicyclic) bond motifs is 3. The molecule has 4 nitrogen and oxygen atoms in total. The predicted octanol–water partition coefficient (Wildman–Crippen LogP) is 10.2. The first-order valence-electron chi connectivity index (χ1n) is 17.9. The second-order valence-corrected chi connectivity index (χ2v) is 15.1. The highest BCUT2D eigenvalue weighted by Gasteiger charge is 2.50. The molecular weight excluding hydrogens is 548 g/mol. The Morgan fingerprint density at radius 2 is 1.64 bits per heavy atom. The fourth-order valence-electron chi connectivity index (χ4n) is 8.71. The number of allylic oxidation sites excluding steroid dienone is 3. The second-order valence-electron chi connectivity index (χ2n) is 15.1. The Morgan fingerprint density at radius 1 is 0.956 bits per heavy atom. The summed E-state index contributed by atoms with van der Waals surface area (Å²) < 4.78 is 0. The van der Waals surface area contributed by atoms with Crippen molar-refractivity contribution >= 4 is 17.2 Å². The first-order chi connectivity index (χ1) is 21.7. The van der Waals surface area contributed by atoms with Crippen LogP contribution in [0.3, 0.4) is 0 Å². The van der Waals surface area contributed by atoms with E-state index in [2.05, 4.69) is 61.7 Å². The van der Waals surface area contributed by atoms with Gasteiger partial charge in [-0.1, -0.05) is 63.6 Å². The van der Waals surface area contributed by atoms with Gasteiger partial charge < -0.3 is 10.6 Å². The van der Waals surface area contributed by atoms with E-state index in [-0.39, 0.29) is 0 Å². The fourth-order valence-corrected chi connectivity index (χ4v) is 8.71. The summed E-state index contributed by atoms with van der Waals surface area (Å²) in [6.45, 7) is 15.5. The van der Waals surface area contributed by atoms with Gasteiger partial charge in [0, 0.05) is 36.1 Å². The smallest absolute Gasteiger partial charge is 0.133 e. The van der Waals surface area contributed by atoms with Crippen LogP contribution >= 0.6 is 0 Å². The van der Waals surface area contributed by atoms with Crippen LogP contribution in [0.25, 0.3) is 5.70 Å². The number of aromatic nitrogens is 1. The van der Waals surface area contributed by atoms with Crippen molar-refractivity contribution in [3.05, 3.63) is 89.4 Å². The summed E-state index contributed by atoms with van der Waals surface area (Å²) in [6, 6.07) is 11.9. The maximum absolute atomic E-state index is 5.07. The standard InChI is InChI=1S/C38H49N3.C3H7N/c1-4-29-12-13-33(24-27(29)2)38-20-17-37(18-21-38,19-22-38)26-41(28(3)30-8-6-5-7-9-30)36-25-32(16-23-39-36)35-15-14-34(40-35)31-10-11-31;1-3(2)4/h12-13,15-16,23-25,30-31H,3-11,14,17-22,26H2,1-2H3;1,4H2,2H3. The Balaban J connectivity index is 0.000000845. The van der Waals surface area contributed by atoms with Crippen molar-refractivity contribution in [1.82, 2.24) is 4.98 Å². The number of hydrogen-bond acceptors (Lipinski definition) is 4. The molecule has 5 aliphatic carbocycles. The van der Waals surface area contributed by atoms with Crippen LogP contribution in [0.2, 0.25) is 0 Å². The van der Waals surface area contributed by atoms with Gasteiger partial charge in [0.05, 0.1) is 5.70 Å². The van der Waals surface area contributed by atoms with E-state index >= 15 is 0 Å². The van der Waals surface area contributed by atoms with Crippen LogP contribution in [0, 0.1) is 24.2 Å². The quantitative estimate of drug-likeness (QED) is 0.310. The number of benzene rings is 1. The average molecular weight is 605 g/mol. The summed E-state index contributed by atoms with van der Waals surface area (Å²) >= 11 is 0. The molecule has 2 bridgehead atoms. The van der Waals surface area contributed by atoms with Crippen LogP contribution in [0.5, 0.6) is 0 Å². The topological polar surface area (TPSA) is 54.5 Å². The maximum atomic E-state index is 5.07. The maximum Gasteiger partial charge on any atom is 0.133 e. The van der Waals surface area contributed by atoms with Crippen LogP contribution < -0.4 is 10.6 Å². The van der Waals surface area contributed by atoms with Crippen molar-refractivity contribution in [3.63, 3.8) is 0 Å². The molecule has 0 saturated heterocycles. The van der Waals surface area contributed by atoms with Crippen LogP contribution in [0.15, 0.2) is 72.1 Å². The number of anilines is 1. The van der Waals surface area contributed by atoms with Crippen LogP contribution in [0.4, 0.5) is 5.82 Å². The third kappa shape index (κ3) is 7.00. The SMILES string of the molecule is C=C(C)N.C=C(C1CCCCC1)N(CC12CCC(c3ccc(CC)c(C)c3)(CC1)CC2)c1cc(C2=CCC(C3CC3)=N2)ccn1. The highest BCUT2D eigenvalue weighted by atomic mass is 15.2. The number of hydrogen-bond donors (Lipinski definition) is 1. The molecule has 2 N–H and O–H groups in total. The van der Waals surface area contributed by atoms with Crippen LogP contribution in [-0.4, -0.2) is 17.2 Å². The van der Waals surface area contributed by atoms with Crippen molar-refractivity contribution in [2.45, 2.75) is 122 Å². The fraction of sp³-hybridized carbons (Fsp3) is 0.561. The van der Waals surface area contributed by atoms with E-state index in [1.54, 1.807) is 12.5 Å². The van der Waals surface area contributed by atoms with Gasteiger partial charge in [-0.05, 0) is 142 Å². The van der Waals surface area contributed by atoms with Gasteiger partial charge in [-0.3, -0.25) is 4.99 Å². The lowest BCUT2D eigenvalue weighted by atomic mass is 9.51. The number of nitrogens with zero attached hydrogens (tertiary/aromatic N) is 3. The molecule has 0 unspecified atom stereocenters. The molecule has 0 amide bonds. The van der Waals surface area contributed by atoms with E-state index in [1.807, 2.05) is 6.20 Å². The Morgan fingerprint density at radius 3 is 2.27 bits per heavy atom. The number of rotatable bonds is 9. The zero-order chi connectivity index (χ0) is 31.6. The van der Waals surface area contributed by atoms with Crippen LogP contribution in [-0.2, 0) is 11.8 Å². The van der Waals surface area contributed by atoms with Gasteiger partial charge >= 0.3 is 0 Å². The Hall–Kier alpha value is -3.14. The monoisotopic (exact) mass is 604 g/mol. The van der Waals surface area contributed by atoms with Crippen molar-refractivity contribution in [3.8, 4) is 0 Å². The summed E-state index contributed by atoms with van der Waals surface area (Å²) in [5.41, 5.74) is 16.0. The normalized spacial score (nSPS) is 26.0. The van der Waals surface area contributed by atoms with Crippen LogP contribution in [0.1, 0.15) is 126 Å². The molecule has 8 rings (SSSR count).